The van der Waals surface area contributed by atoms with E-state index in [-0.39, 0.29) is 19.2 Å². The molecule has 0 saturated heterocycles. The van der Waals surface area contributed by atoms with Crippen LogP contribution in [0.4, 0.5) is 0 Å². The second-order valence-corrected chi connectivity index (χ2v) is 8.70. The van der Waals surface area contributed by atoms with Crippen LogP contribution in [-0.4, -0.2) is 53.9 Å². The number of carbonyl (C=O) groups excluding carboxylic acids is 2. The molecule has 2 aromatic carbocycles. The number of esters is 2. The number of rotatable bonds is 15. The normalized spacial score (nSPS) is 10.8. The minimum absolute atomic E-state index is 0.0897. The van der Waals surface area contributed by atoms with Crippen LogP contribution in [0.5, 0.6) is 11.5 Å². The SMILES string of the molecule is C=C(C)C(=O)OCCOc1ccc(-n2nc3ccc(C(=O)OCCCCCCCC)cc3n2)cc1OC. The van der Waals surface area contributed by atoms with Crippen molar-refractivity contribution < 1.29 is 28.5 Å². The van der Waals surface area contributed by atoms with Crippen molar-refractivity contribution in [1.82, 2.24) is 15.0 Å². The van der Waals surface area contributed by atoms with Gasteiger partial charge in [-0.05, 0) is 43.7 Å². The first-order valence-corrected chi connectivity index (χ1v) is 12.6. The van der Waals surface area contributed by atoms with Crippen LogP contribution in [0.1, 0.15) is 62.7 Å². The Bertz CT molecular complexity index is 1220. The summed E-state index contributed by atoms with van der Waals surface area (Å²) in [5.74, 6) is 0.146. The lowest BCUT2D eigenvalue weighted by Gasteiger charge is -2.12. The van der Waals surface area contributed by atoms with Gasteiger partial charge in [0.2, 0.25) is 0 Å². The van der Waals surface area contributed by atoms with Gasteiger partial charge in [0.1, 0.15) is 24.2 Å². The molecule has 0 N–H and O–H groups in total. The molecule has 0 spiro atoms. The molecule has 198 valence electrons. The summed E-state index contributed by atoms with van der Waals surface area (Å²) in [6.45, 7) is 7.98. The zero-order valence-corrected chi connectivity index (χ0v) is 21.8. The second kappa shape index (κ2) is 14.0. The van der Waals surface area contributed by atoms with Crippen LogP contribution in [0.25, 0.3) is 16.7 Å². The number of hydrogen-bond acceptors (Lipinski definition) is 8. The van der Waals surface area contributed by atoms with Gasteiger partial charge in [-0.25, -0.2) is 9.59 Å². The molecule has 0 atom stereocenters. The summed E-state index contributed by atoms with van der Waals surface area (Å²) in [6, 6.07) is 10.4. The standard InChI is InChI=1S/C28H35N3O6/c1-5-6-7-8-9-10-15-36-28(33)21-11-13-23-24(18-21)30-31(29-23)22-12-14-25(26(19-22)34-4)35-16-17-37-27(32)20(2)3/h11-14,18-19H,2,5-10,15-17H2,1,3-4H3. The third-order valence-corrected chi connectivity index (χ3v) is 5.65. The van der Waals surface area contributed by atoms with Crippen LogP contribution in [0, 0.1) is 0 Å². The number of carbonyl (C=O) groups is 2. The molecule has 3 rings (SSSR count). The first kappa shape index (κ1) is 27.7. The molecule has 3 aromatic rings. The highest BCUT2D eigenvalue weighted by Crippen LogP contribution is 2.29. The number of hydrogen-bond donors (Lipinski definition) is 0. The predicted octanol–water partition coefficient (Wildman–Crippen LogP) is 5.44. The predicted molar refractivity (Wildman–Crippen MR) is 140 cm³/mol. The molecule has 0 unspecified atom stereocenters. The number of methoxy groups -OCH3 is 1. The molecule has 37 heavy (non-hydrogen) atoms. The van der Waals surface area contributed by atoms with E-state index in [2.05, 4.69) is 23.7 Å². The molecule has 0 bridgehead atoms. The Balaban J connectivity index is 1.60. The van der Waals surface area contributed by atoms with E-state index < -0.39 is 5.97 Å². The minimum atomic E-state index is -0.461. The van der Waals surface area contributed by atoms with E-state index in [1.165, 1.54) is 37.6 Å². The van der Waals surface area contributed by atoms with Crippen LogP contribution < -0.4 is 9.47 Å². The molecular weight excluding hydrogens is 474 g/mol. The van der Waals surface area contributed by atoms with E-state index >= 15 is 0 Å². The van der Waals surface area contributed by atoms with E-state index in [0.717, 1.165) is 12.8 Å². The van der Waals surface area contributed by atoms with Crippen molar-refractivity contribution in [2.75, 3.05) is 26.9 Å². The fraction of sp³-hybridized carbons (Fsp3) is 0.429. The Morgan fingerprint density at radius 2 is 1.62 bits per heavy atom. The highest BCUT2D eigenvalue weighted by atomic mass is 16.6. The molecule has 0 fully saturated rings. The first-order chi connectivity index (χ1) is 17.9. The Morgan fingerprint density at radius 1 is 0.865 bits per heavy atom. The largest absolute Gasteiger partial charge is 0.493 e. The number of unbranched alkanes of at least 4 members (excludes halogenated alkanes) is 5. The molecule has 0 aliphatic heterocycles. The third-order valence-electron chi connectivity index (χ3n) is 5.65. The number of benzene rings is 2. The molecule has 1 heterocycles. The lowest BCUT2D eigenvalue weighted by molar-refractivity contribution is -0.139. The molecule has 0 amide bonds. The van der Waals surface area contributed by atoms with Crippen LogP contribution in [0.2, 0.25) is 0 Å². The zero-order valence-electron chi connectivity index (χ0n) is 21.8. The van der Waals surface area contributed by atoms with Gasteiger partial charge in [0.05, 0.1) is 25.0 Å². The Morgan fingerprint density at radius 3 is 2.38 bits per heavy atom. The first-order valence-electron chi connectivity index (χ1n) is 12.6. The van der Waals surface area contributed by atoms with Gasteiger partial charge in [-0.15, -0.1) is 10.2 Å². The maximum Gasteiger partial charge on any atom is 0.338 e. The van der Waals surface area contributed by atoms with Gasteiger partial charge >= 0.3 is 11.9 Å². The van der Waals surface area contributed by atoms with Gasteiger partial charge in [0.25, 0.3) is 0 Å². The Labute approximate surface area is 217 Å². The topological polar surface area (TPSA) is 102 Å². The van der Waals surface area contributed by atoms with Crippen LogP contribution in [0.15, 0.2) is 48.6 Å². The average Bonchev–Trinajstić information content (AvgIpc) is 3.33. The lowest BCUT2D eigenvalue weighted by Crippen LogP contribution is -2.12. The number of aromatic nitrogens is 3. The number of fused-ring (bicyclic) bond motifs is 1. The number of nitrogens with zero attached hydrogens (tertiary/aromatic N) is 3. The summed E-state index contributed by atoms with van der Waals surface area (Å²) in [5.41, 5.74) is 2.65. The summed E-state index contributed by atoms with van der Waals surface area (Å²) >= 11 is 0. The molecule has 0 radical (unpaired) electrons. The molecule has 9 nitrogen and oxygen atoms in total. The van der Waals surface area contributed by atoms with Crippen LogP contribution in [-0.2, 0) is 14.3 Å². The van der Waals surface area contributed by atoms with Crippen molar-refractivity contribution in [2.45, 2.75) is 52.4 Å². The van der Waals surface area contributed by atoms with Gasteiger partial charge in [0, 0.05) is 11.6 Å². The Kier molecular flexibility index (Phi) is 10.5. The molecular formula is C28H35N3O6. The second-order valence-electron chi connectivity index (χ2n) is 8.70. The molecule has 0 aliphatic carbocycles. The quantitative estimate of drug-likeness (QED) is 0.152. The Hall–Kier alpha value is -3.88. The van der Waals surface area contributed by atoms with E-state index in [9.17, 15) is 9.59 Å². The highest BCUT2D eigenvalue weighted by Gasteiger charge is 2.13. The van der Waals surface area contributed by atoms with Crippen LogP contribution in [0.3, 0.4) is 0 Å². The van der Waals surface area contributed by atoms with E-state index in [0.29, 0.717) is 46.0 Å². The van der Waals surface area contributed by atoms with Crippen molar-refractivity contribution in [3.63, 3.8) is 0 Å². The van der Waals surface area contributed by atoms with Crippen molar-refractivity contribution >= 4 is 23.0 Å². The molecule has 0 aliphatic rings. The summed E-state index contributed by atoms with van der Waals surface area (Å²) in [4.78, 5) is 25.4. The van der Waals surface area contributed by atoms with Gasteiger partial charge < -0.3 is 18.9 Å². The smallest absolute Gasteiger partial charge is 0.338 e. The highest BCUT2D eigenvalue weighted by molar-refractivity contribution is 5.93. The van der Waals surface area contributed by atoms with E-state index in [4.69, 9.17) is 18.9 Å². The maximum atomic E-state index is 12.5. The van der Waals surface area contributed by atoms with Gasteiger partial charge in [-0.2, -0.15) is 4.80 Å². The lowest BCUT2D eigenvalue weighted by atomic mass is 10.1. The summed E-state index contributed by atoms with van der Waals surface area (Å²) in [5, 5.41) is 9.02. The van der Waals surface area contributed by atoms with Gasteiger partial charge in [0.15, 0.2) is 11.5 Å². The summed E-state index contributed by atoms with van der Waals surface area (Å²) in [6.07, 6.45) is 6.80. The van der Waals surface area contributed by atoms with E-state index in [1.807, 2.05) is 0 Å². The number of ether oxygens (including phenoxy) is 4. The van der Waals surface area contributed by atoms with Crippen LogP contribution >= 0.6 is 0 Å². The third kappa shape index (κ3) is 8.06. The molecule has 9 heteroatoms. The monoisotopic (exact) mass is 509 g/mol. The fourth-order valence-electron chi connectivity index (χ4n) is 3.60. The van der Waals surface area contributed by atoms with Gasteiger partial charge in [-0.3, -0.25) is 0 Å². The molecule has 0 saturated carbocycles. The van der Waals surface area contributed by atoms with E-state index in [1.54, 1.807) is 43.3 Å². The van der Waals surface area contributed by atoms with Gasteiger partial charge in [-0.1, -0.05) is 45.6 Å². The van der Waals surface area contributed by atoms with Crippen molar-refractivity contribution in [3.8, 4) is 17.2 Å². The average molecular weight is 510 g/mol. The van der Waals surface area contributed by atoms with Crippen molar-refractivity contribution in [2.24, 2.45) is 0 Å². The molecule has 1 aromatic heterocycles. The van der Waals surface area contributed by atoms with Crippen molar-refractivity contribution in [3.05, 3.63) is 54.1 Å². The summed E-state index contributed by atoms with van der Waals surface area (Å²) < 4.78 is 21.6. The summed E-state index contributed by atoms with van der Waals surface area (Å²) in [7, 11) is 1.53. The van der Waals surface area contributed by atoms with Crippen molar-refractivity contribution in [1.29, 1.82) is 0 Å². The minimum Gasteiger partial charge on any atom is -0.493 e. The fourth-order valence-corrected chi connectivity index (χ4v) is 3.60. The maximum absolute atomic E-state index is 12.5. The zero-order chi connectivity index (χ0) is 26.6.